The Morgan fingerprint density at radius 2 is 2.06 bits per heavy atom. The Balaban J connectivity index is 2.19. The van der Waals surface area contributed by atoms with Crippen molar-refractivity contribution in [3.8, 4) is 0 Å². The highest BCUT2D eigenvalue weighted by atomic mass is 19.1. The van der Waals surface area contributed by atoms with E-state index in [1.807, 2.05) is 24.3 Å². The number of hydrazine groups is 1. The molecule has 1 amide bonds. The smallest absolute Gasteiger partial charge is 0.262 e. The molecule has 0 unspecified atom stereocenters. The minimum Gasteiger partial charge on any atom is -0.287 e. The molecule has 3 rings (SSSR count). The summed E-state index contributed by atoms with van der Waals surface area (Å²) in [6, 6.07) is 10.5. The first-order valence-corrected chi connectivity index (χ1v) is 5.66. The van der Waals surface area contributed by atoms with Crippen molar-refractivity contribution in [3.63, 3.8) is 0 Å². The zero-order valence-corrected chi connectivity index (χ0v) is 9.53. The van der Waals surface area contributed by atoms with Crippen LogP contribution >= 0.6 is 0 Å². The molecule has 1 aliphatic rings. The van der Waals surface area contributed by atoms with Crippen molar-refractivity contribution in [1.29, 1.82) is 0 Å². The normalized spacial score (nSPS) is 17.4. The summed E-state index contributed by atoms with van der Waals surface area (Å²) in [5.74, 6) is -0.463. The van der Waals surface area contributed by atoms with Crippen molar-refractivity contribution in [2.75, 3.05) is 6.54 Å². The maximum Gasteiger partial charge on any atom is 0.262 e. The first-order chi connectivity index (χ1) is 8.74. The van der Waals surface area contributed by atoms with E-state index < -0.39 is 0 Å². The largest absolute Gasteiger partial charge is 0.287 e. The monoisotopic (exact) mass is 242 g/mol. The Bertz CT molecular complexity index is 664. The Morgan fingerprint density at radius 3 is 2.83 bits per heavy atom. The number of benzene rings is 2. The summed E-state index contributed by atoms with van der Waals surface area (Å²) in [6.45, 7) is 0.448. The lowest BCUT2D eigenvalue weighted by atomic mass is 10.0. The predicted octanol–water partition coefficient (Wildman–Crippen LogP) is 2.00. The Labute approximate surface area is 103 Å². The van der Waals surface area contributed by atoms with Gasteiger partial charge in [-0.05, 0) is 34.5 Å². The van der Waals surface area contributed by atoms with Crippen molar-refractivity contribution in [2.45, 2.75) is 0 Å². The molecule has 0 atom stereocenters. The van der Waals surface area contributed by atoms with Gasteiger partial charge in [0.1, 0.15) is 5.82 Å². The van der Waals surface area contributed by atoms with Crippen LogP contribution in [0.15, 0.2) is 42.0 Å². The molecule has 0 bridgehead atoms. The molecule has 18 heavy (non-hydrogen) atoms. The first-order valence-electron chi connectivity index (χ1n) is 5.66. The van der Waals surface area contributed by atoms with Crippen molar-refractivity contribution >= 4 is 22.8 Å². The molecule has 1 fully saturated rings. The van der Waals surface area contributed by atoms with Crippen LogP contribution in [0.2, 0.25) is 0 Å². The van der Waals surface area contributed by atoms with Gasteiger partial charge in [0, 0.05) is 12.1 Å². The number of fused-ring (bicyclic) bond motifs is 1. The van der Waals surface area contributed by atoms with Crippen molar-refractivity contribution in [3.05, 3.63) is 53.4 Å². The Hall–Kier alpha value is -2.20. The highest BCUT2D eigenvalue weighted by Crippen LogP contribution is 2.23. The van der Waals surface area contributed by atoms with E-state index >= 15 is 0 Å². The van der Waals surface area contributed by atoms with E-state index in [0.717, 1.165) is 16.3 Å². The zero-order chi connectivity index (χ0) is 12.5. The number of hydrogen-bond acceptors (Lipinski definition) is 2. The number of nitrogens with one attached hydrogen (secondary N) is 2. The molecule has 0 spiro atoms. The third kappa shape index (κ3) is 1.87. The summed E-state index contributed by atoms with van der Waals surface area (Å²) < 4.78 is 13.5. The molecule has 3 nitrogen and oxygen atoms in total. The lowest BCUT2D eigenvalue weighted by Gasteiger charge is -2.03. The maximum atomic E-state index is 13.5. The molecule has 1 heterocycles. The topological polar surface area (TPSA) is 41.1 Å². The Kier molecular flexibility index (Phi) is 2.57. The molecular formula is C14H11FN2O. The van der Waals surface area contributed by atoms with E-state index in [1.165, 1.54) is 12.1 Å². The highest BCUT2D eigenvalue weighted by molar-refractivity contribution is 6.02. The van der Waals surface area contributed by atoms with Crippen molar-refractivity contribution in [1.82, 2.24) is 10.9 Å². The number of rotatable bonds is 1. The molecule has 90 valence electrons. The number of carbonyl (C=O) groups excluding carboxylic acids is 1. The predicted molar refractivity (Wildman–Crippen MR) is 68.0 cm³/mol. The number of hydrogen-bond donors (Lipinski definition) is 2. The van der Waals surface area contributed by atoms with Crippen molar-refractivity contribution < 1.29 is 9.18 Å². The minimum absolute atomic E-state index is 0.164. The van der Waals surface area contributed by atoms with E-state index in [2.05, 4.69) is 10.9 Å². The third-order valence-corrected chi connectivity index (χ3v) is 2.96. The summed E-state index contributed by atoms with van der Waals surface area (Å²) in [7, 11) is 0. The molecule has 0 aromatic heterocycles. The minimum atomic E-state index is -0.299. The van der Waals surface area contributed by atoms with Gasteiger partial charge in [0.2, 0.25) is 0 Å². The zero-order valence-electron chi connectivity index (χ0n) is 9.53. The van der Waals surface area contributed by atoms with Gasteiger partial charge >= 0.3 is 0 Å². The summed E-state index contributed by atoms with van der Waals surface area (Å²) in [5, 5.41) is 1.77. The van der Waals surface area contributed by atoms with E-state index in [9.17, 15) is 9.18 Å². The van der Waals surface area contributed by atoms with Crippen LogP contribution in [0, 0.1) is 5.82 Å². The van der Waals surface area contributed by atoms with Crippen LogP contribution in [0.1, 0.15) is 5.56 Å². The van der Waals surface area contributed by atoms with E-state index in [1.54, 1.807) is 6.08 Å². The van der Waals surface area contributed by atoms with Crippen LogP contribution in [-0.4, -0.2) is 12.5 Å². The number of halogens is 1. The lowest BCUT2D eigenvalue weighted by molar-refractivity contribution is -0.116. The summed E-state index contributed by atoms with van der Waals surface area (Å²) >= 11 is 0. The average molecular weight is 242 g/mol. The maximum absolute atomic E-state index is 13.5. The van der Waals surface area contributed by atoms with Crippen LogP contribution < -0.4 is 10.9 Å². The second-order valence-electron chi connectivity index (χ2n) is 4.19. The lowest BCUT2D eigenvalue weighted by Crippen LogP contribution is -2.25. The second kappa shape index (κ2) is 4.23. The van der Waals surface area contributed by atoms with Gasteiger partial charge < -0.3 is 0 Å². The standard InChI is InChI=1S/C14H11FN2O/c15-12-6-9-3-1-2-4-13(9)10(7-12)5-11-8-16-17-14(11)18/h1-7,16H,8H2,(H,17,18)/b11-5+. The molecule has 1 aliphatic heterocycles. The molecule has 0 radical (unpaired) electrons. The average Bonchev–Trinajstić information content (AvgIpc) is 2.75. The first kappa shape index (κ1) is 10.9. The van der Waals surface area contributed by atoms with Gasteiger partial charge in [0.25, 0.3) is 5.91 Å². The van der Waals surface area contributed by atoms with Gasteiger partial charge in [-0.2, -0.15) is 0 Å². The van der Waals surface area contributed by atoms with Crippen molar-refractivity contribution in [2.24, 2.45) is 0 Å². The van der Waals surface area contributed by atoms with Gasteiger partial charge in [-0.1, -0.05) is 24.3 Å². The van der Waals surface area contributed by atoms with E-state index in [4.69, 9.17) is 0 Å². The van der Waals surface area contributed by atoms with Crippen LogP contribution in [-0.2, 0) is 4.79 Å². The van der Waals surface area contributed by atoms with E-state index in [-0.39, 0.29) is 11.7 Å². The number of amides is 1. The summed E-state index contributed by atoms with van der Waals surface area (Å²) in [6.07, 6.45) is 1.72. The van der Waals surface area contributed by atoms with Crippen LogP contribution in [0.25, 0.3) is 16.8 Å². The third-order valence-electron chi connectivity index (χ3n) is 2.96. The summed E-state index contributed by atoms with van der Waals surface area (Å²) in [4.78, 5) is 11.5. The molecule has 0 saturated carbocycles. The molecule has 1 saturated heterocycles. The highest BCUT2D eigenvalue weighted by Gasteiger charge is 2.16. The SMILES string of the molecule is O=C1NNC/C1=C\c1cc(F)cc2ccccc12. The van der Waals surface area contributed by atoms with Gasteiger partial charge in [0.15, 0.2) is 0 Å². The van der Waals surface area contributed by atoms with Gasteiger partial charge in [-0.25, -0.2) is 9.82 Å². The van der Waals surface area contributed by atoms with Gasteiger partial charge in [-0.3, -0.25) is 10.2 Å². The van der Waals surface area contributed by atoms with Crippen LogP contribution in [0.5, 0.6) is 0 Å². The van der Waals surface area contributed by atoms with E-state index in [0.29, 0.717) is 12.1 Å². The second-order valence-corrected chi connectivity index (χ2v) is 4.19. The molecule has 0 aliphatic carbocycles. The molecule has 2 N–H and O–H groups in total. The van der Waals surface area contributed by atoms with Crippen LogP contribution in [0.3, 0.4) is 0 Å². The fourth-order valence-electron chi connectivity index (χ4n) is 2.11. The van der Waals surface area contributed by atoms with Crippen LogP contribution in [0.4, 0.5) is 4.39 Å². The van der Waals surface area contributed by atoms with Gasteiger partial charge in [-0.15, -0.1) is 0 Å². The molecule has 4 heteroatoms. The quantitative estimate of drug-likeness (QED) is 0.751. The molecular weight excluding hydrogens is 231 g/mol. The fourth-order valence-corrected chi connectivity index (χ4v) is 2.11. The van der Waals surface area contributed by atoms with Gasteiger partial charge in [0.05, 0.1) is 0 Å². The molecule has 2 aromatic carbocycles. The summed E-state index contributed by atoms with van der Waals surface area (Å²) in [5.41, 5.74) is 6.57. The fraction of sp³-hybridized carbons (Fsp3) is 0.0714. The number of carbonyl (C=O) groups is 1. The Morgan fingerprint density at radius 1 is 1.22 bits per heavy atom. The molecule has 2 aromatic rings.